The number of hydrogen-bond acceptors (Lipinski definition) is 10. The van der Waals surface area contributed by atoms with Gasteiger partial charge in [-0.15, -0.1) is 0 Å². The highest BCUT2D eigenvalue weighted by Crippen LogP contribution is 2.58. The Morgan fingerprint density at radius 2 is 1.49 bits per heavy atom. The number of phenolic OH excluding ortho intramolecular Hbond substituents is 2. The van der Waals surface area contributed by atoms with Crippen molar-refractivity contribution in [1.82, 2.24) is 20.1 Å². The second-order valence-corrected chi connectivity index (χ2v) is 13.0. The lowest BCUT2D eigenvalue weighted by atomic mass is 9.71. The zero-order valence-corrected chi connectivity index (χ0v) is 28.7. The highest BCUT2D eigenvalue weighted by Gasteiger charge is 2.57. The summed E-state index contributed by atoms with van der Waals surface area (Å²) in [4.78, 5) is 21.2. The number of aromatic amines is 1. The molecule has 12 nitrogen and oxygen atoms in total. The molecule has 256 valence electrons. The molecule has 3 aliphatic heterocycles. The number of nitriles is 1. The average molecular weight is 668 g/mol. The summed E-state index contributed by atoms with van der Waals surface area (Å²) in [7, 11) is 8.19. The SMILES string of the molecule is COc1c(C)c(OC)c2c(c1O)[C@H]1[C@@H]3Cc4c(OC)c(C)c(OC)c(O)c4[C@H](CNC(=O)c4c[nH]c5ccccc45)N3[C@@H](C#N)[C@@H](C2)N1C. The van der Waals surface area contributed by atoms with E-state index >= 15 is 0 Å². The van der Waals surface area contributed by atoms with Gasteiger partial charge in [-0.2, -0.15) is 5.26 Å². The first-order valence-corrected chi connectivity index (χ1v) is 16.3. The van der Waals surface area contributed by atoms with Crippen molar-refractivity contribution in [1.29, 1.82) is 5.26 Å². The minimum absolute atomic E-state index is 0.0390. The monoisotopic (exact) mass is 667 g/mol. The maximum Gasteiger partial charge on any atom is 0.253 e. The molecule has 0 radical (unpaired) electrons. The fraction of sp³-hybridized carbons (Fsp3) is 0.405. The summed E-state index contributed by atoms with van der Waals surface area (Å²) in [6.07, 6.45) is 2.49. The Kier molecular flexibility index (Phi) is 8.00. The molecule has 4 aromatic rings. The van der Waals surface area contributed by atoms with E-state index in [0.29, 0.717) is 57.9 Å². The Balaban J connectivity index is 1.43. The van der Waals surface area contributed by atoms with Gasteiger partial charge in [-0.25, -0.2) is 0 Å². The third-order valence-electron chi connectivity index (χ3n) is 11.0. The molecular formula is C37H41N5O7. The summed E-state index contributed by atoms with van der Waals surface area (Å²) in [5.41, 5.74) is 5.50. The molecule has 0 spiro atoms. The van der Waals surface area contributed by atoms with Gasteiger partial charge < -0.3 is 39.5 Å². The molecule has 0 aliphatic carbocycles. The van der Waals surface area contributed by atoms with Crippen molar-refractivity contribution >= 4 is 16.8 Å². The molecule has 12 heteroatoms. The number of amides is 1. The van der Waals surface area contributed by atoms with Gasteiger partial charge in [0.25, 0.3) is 5.91 Å². The van der Waals surface area contributed by atoms with Gasteiger partial charge >= 0.3 is 0 Å². The maximum atomic E-state index is 13.8. The molecular weight excluding hydrogens is 626 g/mol. The number of ether oxygens (including phenoxy) is 4. The van der Waals surface area contributed by atoms with Crippen LogP contribution >= 0.6 is 0 Å². The number of benzene rings is 3. The first kappa shape index (κ1) is 32.4. The first-order valence-electron chi connectivity index (χ1n) is 16.3. The second-order valence-electron chi connectivity index (χ2n) is 13.0. The number of phenols is 2. The van der Waals surface area contributed by atoms with Crippen molar-refractivity contribution in [3.8, 4) is 40.6 Å². The molecule has 4 N–H and O–H groups in total. The van der Waals surface area contributed by atoms with Gasteiger partial charge in [0.15, 0.2) is 23.0 Å². The number of rotatable bonds is 7. The van der Waals surface area contributed by atoms with E-state index in [9.17, 15) is 20.3 Å². The third-order valence-corrected chi connectivity index (χ3v) is 11.0. The van der Waals surface area contributed by atoms with Gasteiger partial charge in [0, 0.05) is 69.1 Å². The van der Waals surface area contributed by atoms with Crippen molar-refractivity contribution in [2.45, 2.75) is 56.9 Å². The highest BCUT2D eigenvalue weighted by molar-refractivity contribution is 6.06. The maximum absolute atomic E-state index is 13.8. The lowest BCUT2D eigenvalue weighted by Crippen LogP contribution is -2.68. The number of nitrogens with zero attached hydrogens (tertiary/aromatic N) is 3. The van der Waals surface area contributed by atoms with E-state index in [-0.39, 0.29) is 35.7 Å². The van der Waals surface area contributed by atoms with Crippen LogP contribution in [0.3, 0.4) is 0 Å². The minimum Gasteiger partial charge on any atom is -0.504 e. The number of H-pyrrole nitrogens is 1. The zero-order valence-electron chi connectivity index (χ0n) is 28.7. The Bertz CT molecular complexity index is 2030. The molecule has 1 saturated heterocycles. The van der Waals surface area contributed by atoms with Crippen LogP contribution in [0.4, 0.5) is 0 Å². The molecule has 3 aliphatic rings. The van der Waals surface area contributed by atoms with E-state index in [0.717, 1.165) is 22.0 Å². The molecule has 1 fully saturated rings. The minimum atomic E-state index is -0.660. The number of carbonyl (C=O) groups excluding carboxylic acids is 1. The Morgan fingerprint density at radius 3 is 2.10 bits per heavy atom. The van der Waals surface area contributed by atoms with Gasteiger partial charge in [-0.3, -0.25) is 14.6 Å². The Hall–Kier alpha value is -5.12. The van der Waals surface area contributed by atoms with Crippen LogP contribution < -0.4 is 24.3 Å². The standard InChI is InChI=1S/C37H41N5O7/c1-17-33(46-4)20-13-25-30-29-21(34(47-5)18(2)36(49-7)32(29)44)12-24(41(30)3)26(14-38)42(25)27(28(20)31(43)35(17)48-6)16-40-37(45)22-15-39-23-11-9-8-10-19(22)23/h8-11,15,24-27,30,39,43-44H,12-13,16H2,1-7H3,(H,40,45)/t24-,25+,26+,27+,30-/m1/s1. The van der Waals surface area contributed by atoms with Crippen molar-refractivity contribution in [3.05, 3.63) is 69.4 Å². The van der Waals surface area contributed by atoms with E-state index in [1.807, 2.05) is 45.2 Å². The molecule has 0 unspecified atom stereocenters. The molecule has 7 rings (SSSR count). The molecule has 2 bridgehead atoms. The third kappa shape index (κ3) is 4.52. The Morgan fingerprint density at radius 1 is 0.918 bits per heavy atom. The quantitative estimate of drug-likeness (QED) is 0.223. The van der Waals surface area contributed by atoms with E-state index in [1.54, 1.807) is 20.4 Å². The van der Waals surface area contributed by atoms with E-state index < -0.39 is 24.2 Å². The van der Waals surface area contributed by atoms with Gasteiger partial charge in [0.1, 0.15) is 17.5 Å². The fourth-order valence-electron chi connectivity index (χ4n) is 8.96. The average Bonchev–Trinajstić information content (AvgIpc) is 3.53. The van der Waals surface area contributed by atoms with Crippen LogP contribution in [-0.2, 0) is 12.8 Å². The highest BCUT2D eigenvalue weighted by atomic mass is 16.5. The van der Waals surface area contributed by atoms with Crippen LogP contribution in [0.5, 0.6) is 34.5 Å². The molecule has 3 aromatic carbocycles. The summed E-state index contributed by atoms with van der Waals surface area (Å²) in [5.74, 6) is 1.51. The second kappa shape index (κ2) is 12.1. The molecule has 5 atom stereocenters. The van der Waals surface area contributed by atoms with Gasteiger partial charge in [0.2, 0.25) is 0 Å². The van der Waals surface area contributed by atoms with Crippen molar-refractivity contribution in [3.63, 3.8) is 0 Å². The number of likely N-dealkylation sites (N-methyl/N-ethyl adjacent to an activating group) is 1. The predicted molar refractivity (Wildman–Crippen MR) is 182 cm³/mol. The summed E-state index contributed by atoms with van der Waals surface area (Å²) in [6.45, 7) is 3.76. The largest absolute Gasteiger partial charge is 0.504 e. The lowest BCUT2D eigenvalue weighted by Gasteiger charge is -2.60. The van der Waals surface area contributed by atoms with Gasteiger partial charge in [-0.1, -0.05) is 18.2 Å². The Labute approximate surface area is 284 Å². The van der Waals surface area contributed by atoms with Crippen molar-refractivity contribution < 1.29 is 34.0 Å². The van der Waals surface area contributed by atoms with E-state index in [2.05, 4.69) is 26.2 Å². The van der Waals surface area contributed by atoms with Crippen LogP contribution in [-0.4, -0.2) is 91.1 Å². The van der Waals surface area contributed by atoms with Crippen LogP contribution in [0.15, 0.2) is 30.5 Å². The van der Waals surface area contributed by atoms with Crippen LogP contribution in [0, 0.1) is 25.2 Å². The van der Waals surface area contributed by atoms with Crippen molar-refractivity contribution in [2.75, 3.05) is 42.0 Å². The predicted octanol–water partition coefficient (Wildman–Crippen LogP) is 4.43. The van der Waals surface area contributed by atoms with Gasteiger partial charge in [-0.05, 0) is 39.8 Å². The number of aromatic hydroxyl groups is 2. The number of carbonyl (C=O) groups is 1. The number of piperazine rings is 1. The fourth-order valence-corrected chi connectivity index (χ4v) is 8.96. The number of aromatic nitrogens is 1. The number of fused-ring (bicyclic) bond motifs is 8. The normalized spacial score (nSPS) is 22.8. The van der Waals surface area contributed by atoms with Gasteiger partial charge in [0.05, 0.1) is 52.2 Å². The molecule has 4 heterocycles. The number of para-hydroxylation sites is 1. The summed E-state index contributed by atoms with van der Waals surface area (Å²) < 4.78 is 23.3. The smallest absolute Gasteiger partial charge is 0.253 e. The van der Waals surface area contributed by atoms with Crippen LogP contribution in [0.25, 0.3) is 10.9 Å². The number of nitrogens with one attached hydrogen (secondary N) is 2. The lowest BCUT2D eigenvalue weighted by molar-refractivity contribution is -0.0724. The van der Waals surface area contributed by atoms with Crippen LogP contribution in [0.2, 0.25) is 0 Å². The summed E-state index contributed by atoms with van der Waals surface area (Å²) >= 11 is 0. The summed E-state index contributed by atoms with van der Waals surface area (Å²) in [5, 5.41) is 38.6. The molecule has 49 heavy (non-hydrogen) atoms. The first-order chi connectivity index (χ1) is 23.6. The zero-order chi connectivity index (χ0) is 34.9. The van der Waals surface area contributed by atoms with E-state index in [4.69, 9.17) is 18.9 Å². The molecule has 0 saturated carbocycles. The summed E-state index contributed by atoms with van der Waals surface area (Å²) in [6, 6.07) is 7.76. The number of hydrogen-bond donors (Lipinski definition) is 4. The van der Waals surface area contributed by atoms with E-state index in [1.165, 1.54) is 14.2 Å². The molecule has 1 aromatic heterocycles. The number of methoxy groups -OCH3 is 4. The van der Waals surface area contributed by atoms with Crippen molar-refractivity contribution in [2.24, 2.45) is 0 Å². The molecule has 1 amide bonds. The van der Waals surface area contributed by atoms with Crippen LogP contribution in [0.1, 0.15) is 55.8 Å². The topological polar surface area (TPSA) is 153 Å².